The van der Waals surface area contributed by atoms with Crippen molar-refractivity contribution >= 4 is 11.3 Å². The Bertz CT molecular complexity index is 256. The van der Waals surface area contributed by atoms with Gasteiger partial charge in [-0.15, -0.1) is 11.3 Å². The number of ether oxygens (including phenoxy) is 1. The van der Waals surface area contributed by atoms with Gasteiger partial charge in [0, 0.05) is 11.6 Å². The zero-order valence-electron chi connectivity index (χ0n) is 8.66. The van der Waals surface area contributed by atoms with E-state index in [1.165, 1.54) is 11.3 Å². The quantitative estimate of drug-likeness (QED) is 0.724. The molecule has 0 aliphatic heterocycles. The molecule has 0 spiro atoms. The SMILES string of the molecule is CCCC(OCc1nccs1)C(F)CF. The molecule has 1 heterocycles. The average molecular weight is 235 g/mol. The number of halogens is 2. The van der Waals surface area contributed by atoms with E-state index in [1.54, 1.807) is 6.20 Å². The van der Waals surface area contributed by atoms with Crippen LogP contribution in [0.4, 0.5) is 8.78 Å². The summed E-state index contributed by atoms with van der Waals surface area (Å²) in [6.07, 6.45) is 0.813. The van der Waals surface area contributed by atoms with Crippen molar-refractivity contribution in [1.29, 1.82) is 0 Å². The maximum absolute atomic E-state index is 13.1. The van der Waals surface area contributed by atoms with Gasteiger partial charge in [-0.05, 0) is 6.42 Å². The molecule has 0 N–H and O–H groups in total. The molecule has 0 saturated heterocycles. The van der Waals surface area contributed by atoms with Gasteiger partial charge in [0.05, 0.1) is 12.7 Å². The lowest BCUT2D eigenvalue weighted by molar-refractivity contribution is -0.0246. The number of hydrogen-bond donors (Lipinski definition) is 0. The summed E-state index contributed by atoms with van der Waals surface area (Å²) in [5.41, 5.74) is 0. The van der Waals surface area contributed by atoms with Crippen LogP contribution in [0.1, 0.15) is 24.8 Å². The monoisotopic (exact) mass is 235 g/mol. The Morgan fingerprint density at radius 2 is 2.40 bits per heavy atom. The van der Waals surface area contributed by atoms with Crippen LogP contribution in [-0.2, 0) is 11.3 Å². The van der Waals surface area contributed by atoms with E-state index in [-0.39, 0.29) is 6.61 Å². The lowest BCUT2D eigenvalue weighted by atomic mass is 10.1. The standard InChI is InChI=1S/C10H15F2NOS/c1-2-3-9(8(12)6-11)14-7-10-13-4-5-15-10/h4-5,8-9H,2-3,6-7H2,1H3. The topological polar surface area (TPSA) is 22.1 Å². The molecule has 0 aromatic carbocycles. The number of aromatic nitrogens is 1. The van der Waals surface area contributed by atoms with Gasteiger partial charge in [-0.2, -0.15) is 0 Å². The molecule has 0 bridgehead atoms. The highest BCUT2D eigenvalue weighted by atomic mass is 32.1. The van der Waals surface area contributed by atoms with Gasteiger partial charge in [-0.1, -0.05) is 13.3 Å². The fraction of sp³-hybridized carbons (Fsp3) is 0.700. The molecule has 1 aromatic rings. The molecular formula is C10H15F2NOS. The van der Waals surface area contributed by atoms with Crippen LogP contribution in [0.15, 0.2) is 11.6 Å². The first-order chi connectivity index (χ1) is 7.27. The average Bonchev–Trinajstić information content (AvgIpc) is 2.76. The molecule has 0 fully saturated rings. The molecule has 5 heteroatoms. The first kappa shape index (κ1) is 12.5. The fourth-order valence-corrected chi connectivity index (χ4v) is 1.79. The van der Waals surface area contributed by atoms with Gasteiger partial charge in [0.25, 0.3) is 0 Å². The molecule has 0 aliphatic carbocycles. The number of hydrogen-bond acceptors (Lipinski definition) is 3. The normalized spacial score (nSPS) is 15.1. The fourth-order valence-electron chi connectivity index (χ4n) is 1.26. The van der Waals surface area contributed by atoms with E-state index in [0.717, 1.165) is 11.4 Å². The maximum atomic E-state index is 13.1. The van der Waals surface area contributed by atoms with Crippen molar-refractivity contribution in [2.45, 2.75) is 38.6 Å². The van der Waals surface area contributed by atoms with Crippen molar-refractivity contribution in [2.24, 2.45) is 0 Å². The second-order valence-electron chi connectivity index (χ2n) is 3.23. The number of thiazole rings is 1. The third-order valence-corrected chi connectivity index (χ3v) is 2.78. The van der Waals surface area contributed by atoms with Gasteiger partial charge in [-0.25, -0.2) is 13.8 Å². The van der Waals surface area contributed by atoms with E-state index in [2.05, 4.69) is 4.98 Å². The van der Waals surface area contributed by atoms with Crippen LogP contribution < -0.4 is 0 Å². The van der Waals surface area contributed by atoms with Crippen LogP contribution in [0.25, 0.3) is 0 Å². The second-order valence-corrected chi connectivity index (χ2v) is 4.21. The van der Waals surface area contributed by atoms with E-state index in [4.69, 9.17) is 4.74 Å². The molecule has 86 valence electrons. The van der Waals surface area contributed by atoms with Crippen molar-refractivity contribution in [3.63, 3.8) is 0 Å². The first-order valence-corrected chi connectivity index (χ1v) is 5.85. The third-order valence-electron chi connectivity index (χ3n) is 2.03. The van der Waals surface area contributed by atoms with Gasteiger partial charge < -0.3 is 4.74 Å². The Balaban J connectivity index is 2.37. The highest BCUT2D eigenvalue weighted by molar-refractivity contribution is 7.09. The summed E-state index contributed by atoms with van der Waals surface area (Å²) in [7, 11) is 0. The van der Waals surface area contributed by atoms with Crippen LogP contribution in [0.3, 0.4) is 0 Å². The van der Waals surface area contributed by atoms with Gasteiger partial charge >= 0.3 is 0 Å². The molecule has 0 radical (unpaired) electrons. The number of alkyl halides is 2. The molecule has 2 nitrogen and oxygen atoms in total. The molecule has 2 atom stereocenters. The van der Waals surface area contributed by atoms with Gasteiger partial charge in [0.15, 0.2) is 6.17 Å². The smallest absolute Gasteiger partial charge is 0.154 e. The lowest BCUT2D eigenvalue weighted by Gasteiger charge is -2.18. The van der Waals surface area contributed by atoms with Crippen LogP contribution in [0.5, 0.6) is 0 Å². The molecule has 2 unspecified atom stereocenters. The van der Waals surface area contributed by atoms with Crippen LogP contribution >= 0.6 is 11.3 Å². The van der Waals surface area contributed by atoms with Crippen molar-refractivity contribution in [2.75, 3.05) is 6.67 Å². The molecule has 0 amide bonds. The predicted molar refractivity (Wildman–Crippen MR) is 56.5 cm³/mol. The first-order valence-electron chi connectivity index (χ1n) is 4.98. The zero-order valence-corrected chi connectivity index (χ0v) is 9.47. The minimum atomic E-state index is -1.52. The Morgan fingerprint density at radius 3 is 2.93 bits per heavy atom. The van der Waals surface area contributed by atoms with E-state index < -0.39 is 19.0 Å². The summed E-state index contributed by atoms with van der Waals surface area (Å²) >= 11 is 1.45. The Labute approximate surface area is 92.3 Å². The summed E-state index contributed by atoms with van der Waals surface area (Å²) in [5.74, 6) is 0. The number of nitrogens with zero attached hydrogens (tertiary/aromatic N) is 1. The minimum absolute atomic E-state index is 0.267. The van der Waals surface area contributed by atoms with E-state index in [9.17, 15) is 8.78 Å². The van der Waals surface area contributed by atoms with Crippen molar-refractivity contribution in [3.8, 4) is 0 Å². The van der Waals surface area contributed by atoms with E-state index >= 15 is 0 Å². The van der Waals surface area contributed by atoms with Crippen LogP contribution in [0.2, 0.25) is 0 Å². The van der Waals surface area contributed by atoms with Gasteiger partial charge in [-0.3, -0.25) is 0 Å². The minimum Gasteiger partial charge on any atom is -0.368 e. The summed E-state index contributed by atoms with van der Waals surface area (Å²) in [5, 5.41) is 2.62. The zero-order chi connectivity index (χ0) is 11.1. The lowest BCUT2D eigenvalue weighted by Crippen LogP contribution is -2.27. The third kappa shape index (κ3) is 4.22. The van der Waals surface area contributed by atoms with Crippen molar-refractivity contribution < 1.29 is 13.5 Å². The second kappa shape index (κ2) is 6.85. The summed E-state index contributed by atoms with van der Waals surface area (Å²) in [6, 6.07) is 0. The maximum Gasteiger partial charge on any atom is 0.154 e. The summed E-state index contributed by atoms with van der Waals surface area (Å²) < 4.78 is 30.6. The van der Waals surface area contributed by atoms with E-state index in [1.807, 2.05) is 12.3 Å². The molecule has 0 aliphatic rings. The number of rotatable bonds is 7. The van der Waals surface area contributed by atoms with Crippen LogP contribution in [0, 0.1) is 0 Å². The molecule has 1 rings (SSSR count). The van der Waals surface area contributed by atoms with Gasteiger partial charge in [0.1, 0.15) is 11.7 Å². The summed E-state index contributed by atoms with van der Waals surface area (Å²) in [6.45, 7) is 1.20. The summed E-state index contributed by atoms with van der Waals surface area (Å²) in [4.78, 5) is 4.01. The predicted octanol–water partition coefficient (Wildman–Crippen LogP) is 3.14. The van der Waals surface area contributed by atoms with Crippen LogP contribution in [-0.4, -0.2) is 23.9 Å². The van der Waals surface area contributed by atoms with Gasteiger partial charge in [0.2, 0.25) is 0 Å². The molecule has 0 saturated carbocycles. The largest absolute Gasteiger partial charge is 0.368 e. The van der Waals surface area contributed by atoms with Crippen molar-refractivity contribution in [1.82, 2.24) is 4.98 Å². The Morgan fingerprint density at radius 1 is 1.60 bits per heavy atom. The molecule has 15 heavy (non-hydrogen) atoms. The highest BCUT2D eigenvalue weighted by Crippen LogP contribution is 2.15. The molecular weight excluding hydrogens is 220 g/mol. The van der Waals surface area contributed by atoms with Crippen molar-refractivity contribution in [3.05, 3.63) is 16.6 Å². The Kier molecular flexibility index (Phi) is 5.71. The molecule has 1 aromatic heterocycles. The highest BCUT2D eigenvalue weighted by Gasteiger charge is 2.21. The van der Waals surface area contributed by atoms with E-state index in [0.29, 0.717) is 6.42 Å². The Hall–Kier alpha value is -0.550.